The summed E-state index contributed by atoms with van der Waals surface area (Å²) in [5.41, 5.74) is 16.4. The number of benzene rings is 4. The van der Waals surface area contributed by atoms with Crippen LogP contribution in [-0.4, -0.2) is 74.0 Å². The number of amides is 1. The van der Waals surface area contributed by atoms with Gasteiger partial charge < -0.3 is 40.3 Å². The van der Waals surface area contributed by atoms with Crippen molar-refractivity contribution in [2.75, 3.05) is 36.6 Å². The third-order valence-electron chi connectivity index (χ3n) is 11.8. The first-order valence-electron chi connectivity index (χ1n) is 22.0. The summed E-state index contributed by atoms with van der Waals surface area (Å²) >= 11 is 21.7. The van der Waals surface area contributed by atoms with Gasteiger partial charge in [-0.1, -0.05) is 48.3 Å². The van der Waals surface area contributed by atoms with Crippen molar-refractivity contribution in [2.24, 2.45) is 0 Å². The Hall–Kier alpha value is -6.22. The van der Waals surface area contributed by atoms with Gasteiger partial charge in [-0.25, -0.2) is 23.7 Å². The van der Waals surface area contributed by atoms with Gasteiger partial charge in [-0.3, -0.25) is 19.7 Å². The van der Waals surface area contributed by atoms with Crippen LogP contribution in [0.1, 0.15) is 62.2 Å². The lowest BCUT2D eigenvalue weighted by molar-refractivity contribution is 0.00578. The Morgan fingerprint density at radius 3 is 1.56 bits per heavy atom. The first-order chi connectivity index (χ1) is 33.9. The Morgan fingerprint density at radius 1 is 0.639 bits per heavy atom. The number of nitrogens with zero attached hydrogens (tertiary/aromatic N) is 6. The van der Waals surface area contributed by atoms with Gasteiger partial charge in [-0.05, 0) is 103 Å². The van der Waals surface area contributed by atoms with E-state index in [-0.39, 0.29) is 24.4 Å². The van der Waals surface area contributed by atoms with Gasteiger partial charge in [0.1, 0.15) is 46.1 Å². The predicted molar refractivity (Wildman–Crippen MR) is 279 cm³/mol. The molecule has 7 aromatic rings. The number of aromatic nitrogens is 6. The molecule has 0 spiro atoms. The molecule has 1 fully saturated rings. The lowest BCUT2D eigenvalue weighted by Crippen LogP contribution is -2.41. The summed E-state index contributed by atoms with van der Waals surface area (Å²) in [4.78, 5) is 36.8. The molecule has 0 aliphatic carbocycles. The van der Waals surface area contributed by atoms with Crippen LogP contribution in [0.5, 0.6) is 17.2 Å². The highest BCUT2D eigenvalue weighted by atomic mass is 79.9. The molecule has 3 aromatic heterocycles. The SMILES string of the molecule is C.CC1(C)OB(c2cnc(N)cn2)OC1(C)C.Clc1cc2c(cc1Br)CCO2.Nc1cnc(-c2cc3c(cc2Cl)OCC3)cn1.O=C(Nc1cnc(-c2cc3c(cc2Cl)OCC3)cn1)c1c(F)cccc1F. The van der Waals surface area contributed by atoms with Crippen LogP contribution in [0.2, 0.25) is 15.1 Å². The Balaban J connectivity index is 0.000000147. The molecule has 5 N–H and O–H groups in total. The molecule has 0 saturated carbocycles. The maximum atomic E-state index is 13.7. The standard InChI is InChI=1S/C19H12ClF2N3O2.C12H10ClN3O.C10H16BN3O2.C8H6BrClO.CH4/c20-12-7-16-10(4-5-27-16)6-11(12)15-8-24-17(9-23-15)25-19(26)18-13(21)2-1-3-14(18)22;13-9-4-11-7(1-2-17-11)3-8(9)10-5-16-12(14)6-15-10;1-9(2)10(3,4)16-11(15-9)7-5-14-8(12)6-13-7;9-6-3-5-1-2-11-8(5)4-7(6)10;/h1-3,6-9H,4-5H2,(H,24,25,26);3-6H,1-2H2,(H2,14,16);5-6H,1-4H3,(H2,12,14);3-4H,1-2H2;1H4. The third-order valence-corrected chi connectivity index (χ3v) is 13.6. The van der Waals surface area contributed by atoms with Crippen LogP contribution < -0.4 is 36.6 Å². The number of carbonyl (C=O) groups excluding carboxylic acids is 1. The lowest BCUT2D eigenvalue weighted by Gasteiger charge is -2.32. The van der Waals surface area contributed by atoms with Gasteiger partial charge in [0.25, 0.3) is 5.91 Å². The van der Waals surface area contributed by atoms with Crippen molar-refractivity contribution in [3.8, 4) is 39.8 Å². The molecule has 22 heteroatoms. The number of rotatable bonds is 5. The summed E-state index contributed by atoms with van der Waals surface area (Å²) in [5.74, 6) is 0.545. The number of ether oxygens (including phenoxy) is 3. The minimum Gasteiger partial charge on any atom is -0.493 e. The van der Waals surface area contributed by atoms with Crippen molar-refractivity contribution in [1.82, 2.24) is 29.9 Å². The highest BCUT2D eigenvalue weighted by molar-refractivity contribution is 9.10. The number of nitrogen functional groups attached to an aromatic ring is 2. The average Bonchev–Trinajstić information content (AvgIpc) is 4.14. The van der Waals surface area contributed by atoms with E-state index >= 15 is 0 Å². The second-order valence-corrected chi connectivity index (χ2v) is 19.2. The number of carbonyl (C=O) groups is 1. The molecule has 7 heterocycles. The molecule has 72 heavy (non-hydrogen) atoms. The van der Waals surface area contributed by atoms with Crippen molar-refractivity contribution >= 4 is 86.8 Å². The summed E-state index contributed by atoms with van der Waals surface area (Å²) < 4.78 is 56.2. The zero-order valence-corrected chi connectivity index (χ0v) is 42.4. The van der Waals surface area contributed by atoms with Crippen molar-refractivity contribution in [1.29, 1.82) is 0 Å². The summed E-state index contributed by atoms with van der Waals surface area (Å²) in [6, 6.07) is 14.5. The summed E-state index contributed by atoms with van der Waals surface area (Å²) in [5, 5.41) is 4.13. The van der Waals surface area contributed by atoms with Gasteiger partial charge >= 0.3 is 7.12 Å². The van der Waals surface area contributed by atoms with E-state index in [1.54, 1.807) is 18.5 Å². The first-order valence-corrected chi connectivity index (χ1v) is 23.9. The van der Waals surface area contributed by atoms with Crippen molar-refractivity contribution in [3.63, 3.8) is 0 Å². The Bertz CT molecular complexity index is 3030. The lowest BCUT2D eigenvalue weighted by atomic mass is 9.85. The molecule has 4 aliphatic rings. The minimum atomic E-state index is -0.954. The molecule has 4 aliphatic heterocycles. The molecule has 1 amide bonds. The molecular formula is C50H48BBrCl3F2N9O6. The molecule has 0 radical (unpaired) electrons. The molecule has 11 rings (SSSR count). The number of nitrogens with two attached hydrogens (primary N) is 2. The Morgan fingerprint density at radius 2 is 1.10 bits per heavy atom. The molecule has 0 atom stereocenters. The van der Waals surface area contributed by atoms with E-state index in [2.05, 4.69) is 51.2 Å². The third kappa shape index (κ3) is 12.3. The Labute approximate surface area is 438 Å². The summed E-state index contributed by atoms with van der Waals surface area (Å²) in [7, 11) is -0.474. The van der Waals surface area contributed by atoms with E-state index in [0.717, 1.165) is 82.1 Å². The minimum absolute atomic E-state index is 0. The monoisotopic (exact) mass is 1100 g/mol. The summed E-state index contributed by atoms with van der Waals surface area (Å²) in [6.45, 7) is 10.1. The van der Waals surface area contributed by atoms with Gasteiger partial charge in [0.15, 0.2) is 5.82 Å². The maximum absolute atomic E-state index is 13.7. The van der Waals surface area contributed by atoms with Gasteiger partial charge in [-0.15, -0.1) is 0 Å². The van der Waals surface area contributed by atoms with E-state index in [1.165, 1.54) is 36.4 Å². The second kappa shape index (κ2) is 22.7. The quantitative estimate of drug-likeness (QED) is 0.137. The van der Waals surface area contributed by atoms with Crippen LogP contribution in [-0.2, 0) is 28.6 Å². The molecule has 4 aromatic carbocycles. The van der Waals surface area contributed by atoms with Gasteiger partial charge in [0.05, 0.1) is 94.1 Å². The fraction of sp³-hybridized carbons (Fsp3) is 0.260. The van der Waals surface area contributed by atoms with Gasteiger partial charge in [0, 0.05) is 47.1 Å². The highest BCUT2D eigenvalue weighted by Crippen LogP contribution is 2.39. The number of fused-ring (bicyclic) bond motifs is 3. The van der Waals surface area contributed by atoms with Gasteiger partial charge in [-0.2, -0.15) is 0 Å². The smallest absolute Gasteiger partial charge is 0.493 e. The zero-order valence-electron chi connectivity index (χ0n) is 38.5. The molecule has 0 bridgehead atoms. The zero-order chi connectivity index (χ0) is 50.6. The number of halogens is 6. The second-order valence-electron chi connectivity index (χ2n) is 17.2. The van der Waals surface area contributed by atoms with Gasteiger partial charge in [0.2, 0.25) is 0 Å². The fourth-order valence-electron chi connectivity index (χ4n) is 7.30. The van der Waals surface area contributed by atoms with Crippen LogP contribution in [0.25, 0.3) is 22.5 Å². The number of hydrogen-bond donors (Lipinski definition) is 3. The normalized spacial score (nSPS) is 14.9. The van der Waals surface area contributed by atoms with E-state index in [0.29, 0.717) is 56.8 Å². The van der Waals surface area contributed by atoms with Crippen molar-refractivity contribution in [2.45, 2.75) is 65.6 Å². The molecule has 374 valence electrons. The van der Waals surface area contributed by atoms with E-state index in [1.807, 2.05) is 58.0 Å². The highest BCUT2D eigenvalue weighted by Gasteiger charge is 2.52. The molecule has 0 unspecified atom stereocenters. The van der Waals surface area contributed by atoms with Crippen molar-refractivity contribution < 1.29 is 37.1 Å². The topological polar surface area (TPSA) is 205 Å². The predicted octanol–water partition coefficient (Wildman–Crippen LogP) is 10.6. The number of anilines is 3. The van der Waals surface area contributed by atoms with E-state index < -0.39 is 30.2 Å². The largest absolute Gasteiger partial charge is 0.516 e. The van der Waals surface area contributed by atoms with Crippen LogP contribution in [0.15, 0.2) is 96.3 Å². The summed E-state index contributed by atoms with van der Waals surface area (Å²) in [6.07, 6.45) is 11.6. The van der Waals surface area contributed by atoms with E-state index in [9.17, 15) is 13.6 Å². The maximum Gasteiger partial charge on any atom is 0.516 e. The molecule has 1 saturated heterocycles. The average molecular weight is 1110 g/mol. The fourth-order valence-corrected chi connectivity index (χ4v) is 8.35. The molecular weight excluding hydrogens is 1060 g/mol. The molecule has 15 nitrogen and oxygen atoms in total. The van der Waals surface area contributed by atoms with Crippen molar-refractivity contribution in [3.05, 3.63) is 145 Å². The Kier molecular flexibility index (Phi) is 16.9. The number of nitrogens with one attached hydrogen (secondary N) is 1. The van der Waals surface area contributed by atoms with Crippen LogP contribution in [0, 0.1) is 11.6 Å². The van der Waals surface area contributed by atoms with E-state index in [4.69, 9.17) is 69.8 Å². The van der Waals surface area contributed by atoms with Crippen LogP contribution >= 0.6 is 50.7 Å². The van der Waals surface area contributed by atoms with Crippen LogP contribution in [0.4, 0.5) is 26.2 Å². The first kappa shape index (κ1) is 53.6. The number of hydrogen-bond acceptors (Lipinski definition) is 14. The van der Waals surface area contributed by atoms with Crippen LogP contribution in [0.3, 0.4) is 0 Å².